The van der Waals surface area contributed by atoms with Gasteiger partial charge in [0.25, 0.3) is 11.8 Å². The fourth-order valence-electron chi connectivity index (χ4n) is 3.42. The lowest BCUT2D eigenvalue weighted by molar-refractivity contribution is 0.0706. The Bertz CT molecular complexity index is 915. The number of aromatic nitrogens is 2. The zero-order chi connectivity index (χ0) is 18.6. The van der Waals surface area contributed by atoms with Gasteiger partial charge in [0.1, 0.15) is 5.75 Å². The molecule has 27 heavy (non-hydrogen) atoms. The van der Waals surface area contributed by atoms with Crippen LogP contribution in [0.1, 0.15) is 35.0 Å². The monoisotopic (exact) mass is 363 g/mol. The maximum atomic E-state index is 12.6. The molecule has 0 unspecified atom stereocenters. The molecule has 1 aliphatic rings. The molecule has 1 fully saturated rings. The Labute approximate surface area is 157 Å². The Morgan fingerprint density at radius 3 is 2.48 bits per heavy atom. The fourth-order valence-corrected chi connectivity index (χ4v) is 3.42. The van der Waals surface area contributed by atoms with E-state index in [0.29, 0.717) is 30.6 Å². The Balaban J connectivity index is 1.43. The van der Waals surface area contributed by atoms with Crippen LogP contribution in [0.5, 0.6) is 5.75 Å². The summed E-state index contributed by atoms with van der Waals surface area (Å²) in [6, 6.07) is 17.0. The highest BCUT2D eigenvalue weighted by atomic mass is 16.5. The van der Waals surface area contributed by atoms with Crippen LogP contribution in [0.15, 0.2) is 59.0 Å². The minimum absolute atomic E-state index is 0.0780. The van der Waals surface area contributed by atoms with Gasteiger partial charge in [0, 0.05) is 24.6 Å². The van der Waals surface area contributed by atoms with Crippen molar-refractivity contribution in [3.05, 3.63) is 66.1 Å². The van der Waals surface area contributed by atoms with E-state index in [0.717, 1.165) is 24.0 Å². The molecule has 1 aliphatic heterocycles. The van der Waals surface area contributed by atoms with Crippen LogP contribution in [-0.2, 0) is 0 Å². The molecule has 1 saturated heterocycles. The Hall–Kier alpha value is -3.15. The maximum Gasteiger partial charge on any atom is 0.253 e. The first-order chi connectivity index (χ1) is 13.3. The highest BCUT2D eigenvalue weighted by Crippen LogP contribution is 2.33. The topological polar surface area (TPSA) is 68.5 Å². The predicted molar refractivity (Wildman–Crippen MR) is 101 cm³/mol. The molecule has 6 heteroatoms. The van der Waals surface area contributed by atoms with E-state index in [1.165, 1.54) is 0 Å². The first-order valence-electron chi connectivity index (χ1n) is 9.07. The molecule has 0 radical (unpaired) electrons. The van der Waals surface area contributed by atoms with Gasteiger partial charge in [-0.2, -0.15) is 0 Å². The van der Waals surface area contributed by atoms with Crippen molar-refractivity contribution < 1.29 is 13.9 Å². The van der Waals surface area contributed by atoms with Crippen LogP contribution in [0, 0.1) is 0 Å². The molecular formula is C21H21N3O3. The van der Waals surface area contributed by atoms with Crippen molar-refractivity contribution in [1.29, 1.82) is 0 Å². The van der Waals surface area contributed by atoms with Crippen molar-refractivity contribution in [3.63, 3.8) is 0 Å². The number of hydrogen-bond acceptors (Lipinski definition) is 5. The third-order valence-electron chi connectivity index (χ3n) is 4.93. The third-order valence-corrected chi connectivity index (χ3v) is 4.93. The molecule has 1 amide bonds. The summed E-state index contributed by atoms with van der Waals surface area (Å²) in [5, 5.41) is 8.44. The number of ether oxygens (including phenoxy) is 1. The van der Waals surface area contributed by atoms with Crippen LogP contribution < -0.4 is 4.74 Å². The number of likely N-dealkylation sites (tertiary alicyclic amines) is 1. The normalized spacial score (nSPS) is 14.9. The molecule has 4 rings (SSSR count). The number of benzene rings is 2. The van der Waals surface area contributed by atoms with Crippen LogP contribution in [0.25, 0.3) is 11.5 Å². The molecule has 0 spiro atoms. The second-order valence-corrected chi connectivity index (χ2v) is 6.58. The number of piperidine rings is 1. The van der Waals surface area contributed by atoms with Gasteiger partial charge < -0.3 is 14.1 Å². The highest BCUT2D eigenvalue weighted by Gasteiger charge is 2.28. The number of nitrogens with zero attached hydrogens (tertiary/aromatic N) is 3. The third kappa shape index (κ3) is 3.56. The summed E-state index contributed by atoms with van der Waals surface area (Å²) < 4.78 is 11.3. The minimum atomic E-state index is 0.0780. The largest absolute Gasteiger partial charge is 0.496 e. The summed E-state index contributed by atoms with van der Waals surface area (Å²) in [6.45, 7) is 1.37. The zero-order valence-electron chi connectivity index (χ0n) is 15.2. The molecule has 3 aromatic rings. The van der Waals surface area contributed by atoms with Crippen molar-refractivity contribution in [1.82, 2.24) is 15.1 Å². The molecule has 0 bridgehead atoms. The zero-order valence-corrected chi connectivity index (χ0v) is 15.2. The van der Waals surface area contributed by atoms with Gasteiger partial charge in [0.15, 0.2) is 0 Å². The van der Waals surface area contributed by atoms with Crippen LogP contribution in [0.2, 0.25) is 0 Å². The summed E-state index contributed by atoms with van der Waals surface area (Å²) in [4.78, 5) is 14.5. The van der Waals surface area contributed by atoms with E-state index in [-0.39, 0.29) is 11.8 Å². The lowest BCUT2D eigenvalue weighted by Gasteiger charge is -2.30. The van der Waals surface area contributed by atoms with Gasteiger partial charge in [-0.3, -0.25) is 4.79 Å². The van der Waals surface area contributed by atoms with E-state index >= 15 is 0 Å². The second kappa shape index (κ2) is 7.61. The van der Waals surface area contributed by atoms with Crippen molar-refractivity contribution in [2.45, 2.75) is 18.8 Å². The van der Waals surface area contributed by atoms with Gasteiger partial charge in [-0.1, -0.05) is 30.3 Å². The molecule has 2 aromatic carbocycles. The van der Waals surface area contributed by atoms with E-state index in [1.54, 1.807) is 7.11 Å². The van der Waals surface area contributed by atoms with Crippen molar-refractivity contribution in [2.24, 2.45) is 0 Å². The van der Waals surface area contributed by atoms with E-state index in [1.807, 2.05) is 59.5 Å². The van der Waals surface area contributed by atoms with Crippen LogP contribution in [0.3, 0.4) is 0 Å². The first-order valence-corrected chi connectivity index (χ1v) is 9.07. The molecule has 0 N–H and O–H groups in total. The molecule has 138 valence electrons. The van der Waals surface area contributed by atoms with Gasteiger partial charge in [0.2, 0.25) is 5.89 Å². The van der Waals surface area contributed by atoms with Crippen LogP contribution in [0.4, 0.5) is 0 Å². The lowest BCUT2D eigenvalue weighted by Crippen LogP contribution is -2.37. The lowest BCUT2D eigenvalue weighted by atomic mass is 9.96. The summed E-state index contributed by atoms with van der Waals surface area (Å²) in [5.74, 6) is 2.04. The number of carbonyl (C=O) groups excluding carboxylic acids is 1. The van der Waals surface area contributed by atoms with Crippen molar-refractivity contribution in [2.75, 3.05) is 20.2 Å². The Morgan fingerprint density at radius 2 is 1.74 bits per heavy atom. The average Bonchev–Trinajstić information content (AvgIpc) is 3.24. The molecule has 2 heterocycles. The van der Waals surface area contributed by atoms with Crippen molar-refractivity contribution in [3.8, 4) is 17.2 Å². The number of hydrogen-bond donors (Lipinski definition) is 0. The average molecular weight is 363 g/mol. The molecule has 6 nitrogen and oxygen atoms in total. The summed E-state index contributed by atoms with van der Waals surface area (Å²) in [6.07, 6.45) is 1.62. The van der Waals surface area contributed by atoms with E-state index in [4.69, 9.17) is 9.15 Å². The minimum Gasteiger partial charge on any atom is -0.496 e. The Kier molecular flexibility index (Phi) is 4.87. The molecule has 0 saturated carbocycles. The van der Waals surface area contributed by atoms with Crippen molar-refractivity contribution >= 4 is 5.91 Å². The summed E-state index contributed by atoms with van der Waals surface area (Å²) >= 11 is 0. The number of rotatable bonds is 4. The maximum absolute atomic E-state index is 12.6. The first kappa shape index (κ1) is 17.3. The number of carbonyl (C=O) groups is 1. The van der Waals surface area contributed by atoms with Gasteiger partial charge in [-0.05, 0) is 37.1 Å². The van der Waals surface area contributed by atoms with Crippen LogP contribution in [-0.4, -0.2) is 41.2 Å². The van der Waals surface area contributed by atoms with E-state index in [2.05, 4.69) is 10.2 Å². The standard InChI is InChI=1S/C21H21N3O3/c1-26-18-10-6-5-9-17(18)20-23-22-19(27-20)15-11-13-24(14-12-15)21(25)16-7-3-2-4-8-16/h2-10,15H,11-14H2,1H3. The SMILES string of the molecule is COc1ccccc1-c1nnc(C2CCN(C(=O)c3ccccc3)CC2)o1. The molecular weight excluding hydrogens is 342 g/mol. The molecule has 0 atom stereocenters. The Morgan fingerprint density at radius 1 is 1.04 bits per heavy atom. The summed E-state index contributed by atoms with van der Waals surface area (Å²) in [5.41, 5.74) is 1.52. The van der Waals surface area contributed by atoms with Crippen LogP contribution >= 0.6 is 0 Å². The van der Waals surface area contributed by atoms with Gasteiger partial charge in [-0.25, -0.2) is 0 Å². The fraction of sp³-hybridized carbons (Fsp3) is 0.286. The second-order valence-electron chi connectivity index (χ2n) is 6.58. The highest BCUT2D eigenvalue weighted by molar-refractivity contribution is 5.94. The quantitative estimate of drug-likeness (QED) is 0.706. The number of amides is 1. The number of para-hydroxylation sites is 1. The van der Waals surface area contributed by atoms with E-state index in [9.17, 15) is 4.79 Å². The predicted octanol–water partition coefficient (Wildman–Crippen LogP) is 3.77. The van der Waals surface area contributed by atoms with Gasteiger partial charge in [-0.15, -0.1) is 10.2 Å². The smallest absolute Gasteiger partial charge is 0.253 e. The van der Waals surface area contributed by atoms with E-state index < -0.39 is 0 Å². The van der Waals surface area contributed by atoms with Gasteiger partial charge >= 0.3 is 0 Å². The summed E-state index contributed by atoms with van der Waals surface area (Å²) in [7, 11) is 1.62. The molecule has 0 aliphatic carbocycles. The molecule has 1 aromatic heterocycles. The number of methoxy groups -OCH3 is 1. The van der Waals surface area contributed by atoms with Gasteiger partial charge in [0.05, 0.1) is 12.7 Å².